The summed E-state index contributed by atoms with van der Waals surface area (Å²) in [5.41, 5.74) is 1.47. The Morgan fingerprint density at radius 2 is 1.76 bits per heavy atom. The molecule has 0 aliphatic heterocycles. The molecule has 10 heteroatoms. The smallest absolute Gasteiger partial charge is 0.422 e. The maximum atomic E-state index is 12.3. The number of benzene rings is 2. The number of guanidine groups is 1. The third kappa shape index (κ3) is 8.26. The highest BCUT2D eigenvalue weighted by Gasteiger charge is 2.28. The number of halogens is 4. The van der Waals surface area contributed by atoms with Crippen LogP contribution >= 0.6 is 24.0 Å². The standard InChI is InChI=1S/C19H22F3N3O3.HI/c1-23-18(25-14-7-8-16(26-2)17(10-14)27-3)24-11-13-5-4-6-15(9-13)28-12-19(20,21)22;/h4-10H,11-12H2,1-3H3,(H2,23,24,25);1H. The van der Waals surface area contributed by atoms with Crippen LogP contribution in [-0.2, 0) is 6.54 Å². The van der Waals surface area contributed by atoms with E-state index in [4.69, 9.17) is 14.2 Å². The van der Waals surface area contributed by atoms with Crippen LogP contribution < -0.4 is 24.8 Å². The van der Waals surface area contributed by atoms with E-state index in [9.17, 15) is 13.2 Å². The molecule has 6 nitrogen and oxygen atoms in total. The van der Waals surface area contributed by atoms with Crippen molar-refractivity contribution in [1.82, 2.24) is 5.32 Å². The zero-order valence-electron chi connectivity index (χ0n) is 16.2. The van der Waals surface area contributed by atoms with Crippen LogP contribution in [0.1, 0.15) is 5.56 Å². The largest absolute Gasteiger partial charge is 0.493 e. The first kappa shape index (κ1) is 24.7. The van der Waals surface area contributed by atoms with E-state index in [1.807, 2.05) is 0 Å². The third-order valence-corrected chi connectivity index (χ3v) is 3.63. The molecule has 29 heavy (non-hydrogen) atoms. The molecule has 0 aliphatic rings. The first-order chi connectivity index (χ1) is 13.3. The second kappa shape index (κ2) is 11.6. The van der Waals surface area contributed by atoms with E-state index in [0.29, 0.717) is 24.0 Å². The number of alkyl halides is 3. The van der Waals surface area contributed by atoms with Gasteiger partial charge in [0.25, 0.3) is 0 Å². The molecular weight excluding hydrogens is 502 g/mol. The fourth-order valence-electron chi connectivity index (χ4n) is 2.33. The molecule has 0 fully saturated rings. The molecule has 2 aromatic rings. The Kier molecular flexibility index (Phi) is 9.86. The van der Waals surface area contributed by atoms with Crippen LogP contribution in [0.3, 0.4) is 0 Å². The third-order valence-electron chi connectivity index (χ3n) is 3.63. The lowest BCUT2D eigenvalue weighted by Crippen LogP contribution is -2.30. The molecule has 2 rings (SSSR count). The van der Waals surface area contributed by atoms with Gasteiger partial charge in [-0.2, -0.15) is 13.2 Å². The van der Waals surface area contributed by atoms with Crippen LogP contribution in [-0.4, -0.2) is 40.0 Å². The predicted octanol–water partition coefficient (Wildman–Crippen LogP) is 4.45. The quantitative estimate of drug-likeness (QED) is 0.318. The molecule has 0 saturated carbocycles. The average molecular weight is 525 g/mol. The van der Waals surface area contributed by atoms with Gasteiger partial charge in [0.2, 0.25) is 0 Å². The second-order valence-corrected chi connectivity index (χ2v) is 5.67. The van der Waals surface area contributed by atoms with Crippen molar-refractivity contribution < 1.29 is 27.4 Å². The zero-order valence-corrected chi connectivity index (χ0v) is 18.5. The van der Waals surface area contributed by atoms with Gasteiger partial charge in [0.05, 0.1) is 14.2 Å². The first-order valence-corrected chi connectivity index (χ1v) is 8.33. The maximum absolute atomic E-state index is 12.3. The molecule has 0 saturated heterocycles. The summed E-state index contributed by atoms with van der Waals surface area (Å²) in [6.07, 6.45) is -4.38. The summed E-state index contributed by atoms with van der Waals surface area (Å²) in [5.74, 6) is 1.80. The van der Waals surface area contributed by atoms with E-state index in [1.54, 1.807) is 57.7 Å². The monoisotopic (exact) mass is 525 g/mol. The molecule has 0 aliphatic carbocycles. The number of ether oxygens (including phenoxy) is 3. The Bertz CT molecular complexity index is 817. The average Bonchev–Trinajstić information content (AvgIpc) is 2.69. The van der Waals surface area contributed by atoms with Gasteiger partial charge in [-0.3, -0.25) is 4.99 Å². The molecule has 2 N–H and O–H groups in total. The predicted molar refractivity (Wildman–Crippen MR) is 117 cm³/mol. The van der Waals surface area contributed by atoms with E-state index in [0.717, 1.165) is 11.3 Å². The highest BCUT2D eigenvalue weighted by Crippen LogP contribution is 2.29. The maximum Gasteiger partial charge on any atom is 0.422 e. The summed E-state index contributed by atoms with van der Waals surface area (Å²) in [5, 5.41) is 6.20. The Labute approximate surface area is 184 Å². The Balaban J connectivity index is 0.00000420. The van der Waals surface area contributed by atoms with Gasteiger partial charge in [0, 0.05) is 25.3 Å². The molecule has 0 amide bonds. The number of anilines is 1. The topological polar surface area (TPSA) is 64.1 Å². The Morgan fingerprint density at radius 1 is 1.03 bits per heavy atom. The van der Waals surface area contributed by atoms with Crippen LogP contribution in [0.25, 0.3) is 0 Å². The van der Waals surface area contributed by atoms with Crippen molar-refractivity contribution in [3.05, 3.63) is 48.0 Å². The zero-order chi connectivity index (χ0) is 20.6. The van der Waals surface area contributed by atoms with E-state index >= 15 is 0 Å². The van der Waals surface area contributed by atoms with Crippen molar-refractivity contribution in [2.75, 3.05) is 33.2 Å². The van der Waals surface area contributed by atoms with E-state index in [2.05, 4.69) is 15.6 Å². The molecule has 2 aromatic carbocycles. The highest BCUT2D eigenvalue weighted by atomic mass is 127. The number of hydrogen-bond acceptors (Lipinski definition) is 4. The molecule has 0 unspecified atom stereocenters. The summed E-state index contributed by atoms with van der Waals surface area (Å²) in [7, 11) is 4.71. The number of nitrogens with one attached hydrogen (secondary N) is 2. The van der Waals surface area contributed by atoms with Gasteiger partial charge in [0.1, 0.15) is 5.75 Å². The number of methoxy groups -OCH3 is 2. The van der Waals surface area contributed by atoms with Gasteiger partial charge in [-0.25, -0.2) is 0 Å². The van der Waals surface area contributed by atoms with Gasteiger partial charge in [-0.1, -0.05) is 12.1 Å². The number of hydrogen-bond donors (Lipinski definition) is 2. The number of rotatable bonds is 7. The van der Waals surface area contributed by atoms with Crippen LogP contribution in [0, 0.1) is 0 Å². The number of aliphatic imine (C=N–C) groups is 1. The normalized spacial score (nSPS) is 11.3. The molecular formula is C19H23F3IN3O3. The van der Waals surface area contributed by atoms with Crippen LogP contribution in [0.5, 0.6) is 17.2 Å². The molecule has 0 aromatic heterocycles. The minimum atomic E-state index is -4.38. The van der Waals surface area contributed by atoms with Gasteiger partial charge < -0.3 is 24.8 Å². The lowest BCUT2D eigenvalue weighted by molar-refractivity contribution is -0.153. The summed E-state index contributed by atoms with van der Waals surface area (Å²) in [6.45, 7) is -0.984. The van der Waals surface area contributed by atoms with Gasteiger partial charge in [0.15, 0.2) is 24.1 Å². The summed E-state index contributed by atoms with van der Waals surface area (Å²) < 4.78 is 52.0. The fourth-order valence-corrected chi connectivity index (χ4v) is 2.33. The molecule has 0 bridgehead atoms. The van der Waals surface area contributed by atoms with Crippen molar-refractivity contribution in [3.8, 4) is 17.2 Å². The summed E-state index contributed by atoms with van der Waals surface area (Å²) in [4.78, 5) is 4.13. The lowest BCUT2D eigenvalue weighted by atomic mass is 10.2. The number of nitrogens with zero attached hydrogens (tertiary/aromatic N) is 1. The SMILES string of the molecule is CN=C(NCc1cccc(OCC(F)(F)F)c1)Nc1ccc(OC)c(OC)c1.I. The van der Waals surface area contributed by atoms with Crippen molar-refractivity contribution in [3.63, 3.8) is 0 Å². The summed E-state index contributed by atoms with van der Waals surface area (Å²) >= 11 is 0. The van der Waals surface area contributed by atoms with E-state index in [1.165, 1.54) is 6.07 Å². The van der Waals surface area contributed by atoms with Crippen LogP contribution in [0.15, 0.2) is 47.5 Å². The van der Waals surface area contributed by atoms with Crippen molar-refractivity contribution in [2.45, 2.75) is 12.7 Å². The van der Waals surface area contributed by atoms with Crippen LogP contribution in [0.4, 0.5) is 18.9 Å². The minimum Gasteiger partial charge on any atom is -0.493 e. The van der Waals surface area contributed by atoms with E-state index < -0.39 is 12.8 Å². The summed E-state index contributed by atoms with van der Waals surface area (Å²) in [6, 6.07) is 11.8. The van der Waals surface area contributed by atoms with Crippen molar-refractivity contribution >= 4 is 35.6 Å². The molecule has 0 spiro atoms. The van der Waals surface area contributed by atoms with Crippen molar-refractivity contribution in [2.24, 2.45) is 4.99 Å². The van der Waals surface area contributed by atoms with E-state index in [-0.39, 0.29) is 29.7 Å². The van der Waals surface area contributed by atoms with Gasteiger partial charge in [-0.05, 0) is 29.8 Å². The molecule has 0 heterocycles. The first-order valence-electron chi connectivity index (χ1n) is 8.33. The van der Waals surface area contributed by atoms with Gasteiger partial charge >= 0.3 is 6.18 Å². The molecule has 160 valence electrons. The van der Waals surface area contributed by atoms with Crippen molar-refractivity contribution in [1.29, 1.82) is 0 Å². The highest BCUT2D eigenvalue weighted by molar-refractivity contribution is 14.0. The second-order valence-electron chi connectivity index (χ2n) is 5.67. The van der Waals surface area contributed by atoms with Crippen LogP contribution in [0.2, 0.25) is 0 Å². The molecule has 0 radical (unpaired) electrons. The Morgan fingerprint density at radius 3 is 2.38 bits per heavy atom. The fraction of sp³-hybridized carbons (Fsp3) is 0.316. The van der Waals surface area contributed by atoms with Gasteiger partial charge in [-0.15, -0.1) is 24.0 Å². The Hall–Kier alpha value is -2.37. The molecule has 0 atom stereocenters. The lowest BCUT2D eigenvalue weighted by Gasteiger charge is -2.15. The minimum absolute atomic E-state index is 0.